The molecule has 17 heavy (non-hydrogen) atoms. The first-order chi connectivity index (χ1) is 8.06. The van der Waals surface area contributed by atoms with Crippen LogP contribution in [0.5, 0.6) is 5.88 Å². The van der Waals surface area contributed by atoms with Gasteiger partial charge in [-0.05, 0) is 6.92 Å². The van der Waals surface area contributed by atoms with E-state index in [2.05, 4.69) is 10.1 Å². The molecule has 0 saturated heterocycles. The minimum Gasteiger partial charge on any atom is -0.494 e. The summed E-state index contributed by atoms with van der Waals surface area (Å²) < 4.78 is 5.87. The summed E-state index contributed by atoms with van der Waals surface area (Å²) in [5.74, 6) is 0.466. The molecule has 0 unspecified atom stereocenters. The molecule has 0 aromatic carbocycles. The number of hydrogen-bond acceptors (Lipinski definition) is 6. The Kier molecular flexibility index (Phi) is 2.77. The number of aromatic amines is 1. The normalized spacial score (nSPS) is 10.6. The maximum Gasteiger partial charge on any atom is 0.331 e. The largest absolute Gasteiger partial charge is 0.494 e. The lowest BCUT2D eigenvalue weighted by Gasteiger charge is -2.04. The first kappa shape index (κ1) is 11.1. The van der Waals surface area contributed by atoms with Crippen molar-refractivity contribution < 1.29 is 9.63 Å². The summed E-state index contributed by atoms with van der Waals surface area (Å²) in [5, 5.41) is 13.0. The van der Waals surface area contributed by atoms with Crippen molar-refractivity contribution in [1.29, 1.82) is 0 Å². The van der Waals surface area contributed by atoms with Gasteiger partial charge in [0.25, 0.3) is 5.56 Å². The standard InChI is InChI=1S/C9H10N4O4/c1-5-10-7(17-12-5)2-3-13-8(15)4-6(14)11-9(13)16/h4,15H,2-3H2,1H3,(H,11,14,16). The van der Waals surface area contributed by atoms with Crippen molar-refractivity contribution in [2.75, 3.05) is 0 Å². The lowest BCUT2D eigenvalue weighted by molar-refractivity contribution is 0.355. The maximum absolute atomic E-state index is 11.4. The zero-order chi connectivity index (χ0) is 12.4. The molecule has 0 aliphatic heterocycles. The number of aromatic nitrogens is 4. The van der Waals surface area contributed by atoms with Crippen molar-refractivity contribution >= 4 is 0 Å². The van der Waals surface area contributed by atoms with E-state index in [1.165, 1.54) is 0 Å². The molecular weight excluding hydrogens is 228 g/mol. The fraction of sp³-hybridized carbons (Fsp3) is 0.333. The number of aryl methyl sites for hydroxylation is 2. The predicted molar refractivity (Wildman–Crippen MR) is 55.7 cm³/mol. The number of aromatic hydroxyl groups is 1. The zero-order valence-electron chi connectivity index (χ0n) is 9.01. The molecule has 2 aromatic rings. The molecule has 2 heterocycles. The van der Waals surface area contributed by atoms with E-state index >= 15 is 0 Å². The van der Waals surface area contributed by atoms with Crippen LogP contribution in [0.25, 0.3) is 0 Å². The van der Waals surface area contributed by atoms with E-state index in [1.807, 2.05) is 4.98 Å². The van der Waals surface area contributed by atoms with E-state index in [9.17, 15) is 14.7 Å². The van der Waals surface area contributed by atoms with Gasteiger partial charge in [0.2, 0.25) is 11.8 Å². The number of nitrogens with zero attached hydrogens (tertiary/aromatic N) is 3. The Bertz CT molecular complexity index is 639. The predicted octanol–water partition coefficient (Wildman–Crippen LogP) is -0.824. The average Bonchev–Trinajstić information content (AvgIpc) is 2.62. The smallest absolute Gasteiger partial charge is 0.331 e. The highest BCUT2D eigenvalue weighted by Crippen LogP contribution is 2.03. The number of H-pyrrole nitrogens is 1. The Balaban J connectivity index is 2.20. The quantitative estimate of drug-likeness (QED) is 0.721. The highest BCUT2D eigenvalue weighted by molar-refractivity contribution is 5.06. The molecule has 0 amide bonds. The highest BCUT2D eigenvalue weighted by Gasteiger charge is 2.07. The minimum absolute atomic E-state index is 0.142. The molecule has 0 atom stereocenters. The van der Waals surface area contributed by atoms with Crippen molar-refractivity contribution in [3.05, 3.63) is 38.6 Å². The maximum atomic E-state index is 11.4. The fourth-order valence-electron chi connectivity index (χ4n) is 1.37. The third-order valence-electron chi connectivity index (χ3n) is 2.13. The van der Waals surface area contributed by atoms with Crippen molar-refractivity contribution in [1.82, 2.24) is 19.7 Å². The van der Waals surface area contributed by atoms with Crippen LogP contribution in [0.3, 0.4) is 0 Å². The van der Waals surface area contributed by atoms with E-state index < -0.39 is 17.1 Å². The lowest BCUT2D eigenvalue weighted by Crippen LogP contribution is -2.29. The van der Waals surface area contributed by atoms with Crippen LogP contribution in [0.1, 0.15) is 11.7 Å². The molecule has 0 saturated carbocycles. The van der Waals surface area contributed by atoms with Gasteiger partial charge in [-0.25, -0.2) is 4.79 Å². The third kappa shape index (κ3) is 2.41. The van der Waals surface area contributed by atoms with Gasteiger partial charge in [0, 0.05) is 13.0 Å². The van der Waals surface area contributed by atoms with Gasteiger partial charge in [0.15, 0.2) is 5.82 Å². The van der Waals surface area contributed by atoms with Crippen molar-refractivity contribution in [2.24, 2.45) is 0 Å². The van der Waals surface area contributed by atoms with Gasteiger partial charge >= 0.3 is 5.69 Å². The van der Waals surface area contributed by atoms with Crippen LogP contribution in [0.2, 0.25) is 0 Å². The number of hydrogen-bond donors (Lipinski definition) is 2. The first-order valence-electron chi connectivity index (χ1n) is 4.88. The monoisotopic (exact) mass is 238 g/mol. The van der Waals surface area contributed by atoms with Crippen molar-refractivity contribution in [3.63, 3.8) is 0 Å². The number of nitrogens with one attached hydrogen (secondary N) is 1. The van der Waals surface area contributed by atoms with Gasteiger partial charge in [-0.3, -0.25) is 14.3 Å². The SMILES string of the molecule is Cc1noc(CCn2c(O)cc(=O)[nH]c2=O)n1. The van der Waals surface area contributed by atoms with Crippen LogP contribution in [-0.4, -0.2) is 24.8 Å². The Labute approximate surface area is 94.5 Å². The molecule has 8 heteroatoms. The second-order valence-electron chi connectivity index (χ2n) is 3.43. The van der Waals surface area contributed by atoms with E-state index in [4.69, 9.17) is 4.52 Å². The fourth-order valence-corrected chi connectivity index (χ4v) is 1.37. The molecule has 0 bridgehead atoms. The summed E-state index contributed by atoms with van der Waals surface area (Å²) in [6.07, 6.45) is 0.292. The van der Waals surface area contributed by atoms with Gasteiger partial charge < -0.3 is 9.63 Å². The topological polar surface area (TPSA) is 114 Å². The minimum atomic E-state index is -0.675. The summed E-state index contributed by atoms with van der Waals surface area (Å²) in [7, 11) is 0. The zero-order valence-corrected chi connectivity index (χ0v) is 9.01. The molecule has 2 aromatic heterocycles. The van der Waals surface area contributed by atoms with Crippen LogP contribution in [0, 0.1) is 6.92 Å². The van der Waals surface area contributed by atoms with Gasteiger partial charge in [-0.15, -0.1) is 0 Å². The summed E-state index contributed by atoms with van der Waals surface area (Å²) in [5.41, 5.74) is -1.32. The van der Waals surface area contributed by atoms with Crippen molar-refractivity contribution in [2.45, 2.75) is 19.9 Å². The molecule has 2 rings (SSSR count). The van der Waals surface area contributed by atoms with E-state index in [0.717, 1.165) is 10.6 Å². The molecule has 8 nitrogen and oxygen atoms in total. The molecular formula is C9H10N4O4. The molecule has 0 aliphatic rings. The van der Waals surface area contributed by atoms with Crippen LogP contribution in [0.15, 0.2) is 20.2 Å². The van der Waals surface area contributed by atoms with Crippen LogP contribution in [-0.2, 0) is 13.0 Å². The Hall–Kier alpha value is -2.38. The Morgan fingerprint density at radius 1 is 1.53 bits per heavy atom. The van der Waals surface area contributed by atoms with E-state index in [-0.39, 0.29) is 6.54 Å². The van der Waals surface area contributed by atoms with Gasteiger partial charge in [-0.2, -0.15) is 4.98 Å². The molecule has 0 radical (unpaired) electrons. The Morgan fingerprint density at radius 2 is 2.29 bits per heavy atom. The second-order valence-corrected chi connectivity index (χ2v) is 3.43. The summed E-state index contributed by atoms with van der Waals surface area (Å²) in [6, 6.07) is 0.931. The molecule has 0 spiro atoms. The van der Waals surface area contributed by atoms with Crippen molar-refractivity contribution in [3.8, 4) is 5.88 Å². The second kappa shape index (κ2) is 4.24. The first-order valence-corrected chi connectivity index (χ1v) is 4.88. The van der Waals surface area contributed by atoms with E-state index in [1.54, 1.807) is 6.92 Å². The van der Waals surface area contributed by atoms with Crippen LogP contribution >= 0.6 is 0 Å². The van der Waals surface area contributed by atoms with Crippen LogP contribution in [0.4, 0.5) is 0 Å². The van der Waals surface area contributed by atoms with Gasteiger partial charge in [-0.1, -0.05) is 5.16 Å². The summed E-state index contributed by atoms with van der Waals surface area (Å²) in [4.78, 5) is 28.2. The van der Waals surface area contributed by atoms with Gasteiger partial charge in [0.1, 0.15) is 0 Å². The third-order valence-corrected chi connectivity index (χ3v) is 2.13. The van der Waals surface area contributed by atoms with E-state index in [0.29, 0.717) is 18.1 Å². The lowest BCUT2D eigenvalue weighted by atomic mass is 10.4. The molecule has 0 fully saturated rings. The molecule has 0 aliphatic carbocycles. The summed E-state index contributed by atoms with van der Waals surface area (Å²) in [6.45, 7) is 1.82. The van der Waals surface area contributed by atoms with Gasteiger partial charge in [0.05, 0.1) is 6.07 Å². The average molecular weight is 238 g/mol. The molecule has 2 N–H and O–H groups in total. The molecule has 90 valence electrons. The number of rotatable bonds is 3. The van der Waals surface area contributed by atoms with Crippen LogP contribution < -0.4 is 11.2 Å². The summed E-state index contributed by atoms with van der Waals surface area (Å²) >= 11 is 0. The highest BCUT2D eigenvalue weighted by atomic mass is 16.5. The Morgan fingerprint density at radius 3 is 2.88 bits per heavy atom.